The summed E-state index contributed by atoms with van der Waals surface area (Å²) in [6.07, 6.45) is 0.706. The van der Waals surface area contributed by atoms with Gasteiger partial charge in [-0.2, -0.15) is 0 Å². The van der Waals surface area contributed by atoms with E-state index in [0.29, 0.717) is 27.6 Å². The first-order valence-corrected chi connectivity index (χ1v) is 6.85. The van der Waals surface area contributed by atoms with Gasteiger partial charge in [0.25, 0.3) is 0 Å². The summed E-state index contributed by atoms with van der Waals surface area (Å²) in [5.74, 6) is -1.47. The Hall–Kier alpha value is -1.74. The first kappa shape index (κ1) is 13.7. The molecule has 2 aromatic heterocycles. The van der Waals surface area contributed by atoms with Crippen LogP contribution in [0.5, 0.6) is 0 Å². The van der Waals surface area contributed by atoms with Crippen LogP contribution in [0.3, 0.4) is 0 Å². The van der Waals surface area contributed by atoms with Crippen LogP contribution in [-0.2, 0) is 16.0 Å². The summed E-state index contributed by atoms with van der Waals surface area (Å²) in [6.45, 7) is 1.95. The molecule has 0 saturated heterocycles. The zero-order valence-corrected chi connectivity index (χ0v) is 12.2. The molecule has 0 radical (unpaired) electrons. The predicted octanol–water partition coefficient (Wildman–Crippen LogP) is 1.55. The number of rotatable bonds is 3. The SMILES string of the molecule is CCc1sc(NC(=O)C(N)=O)nc1-c1cc(Br)no1. The van der Waals surface area contributed by atoms with Gasteiger partial charge in [0.15, 0.2) is 10.9 Å². The number of aromatic nitrogens is 2. The molecule has 19 heavy (non-hydrogen) atoms. The summed E-state index contributed by atoms with van der Waals surface area (Å²) in [5, 5.41) is 6.34. The summed E-state index contributed by atoms with van der Waals surface area (Å²) >= 11 is 4.44. The smallest absolute Gasteiger partial charge is 0.315 e. The summed E-state index contributed by atoms with van der Waals surface area (Å²) in [6, 6.07) is 1.67. The molecule has 0 atom stereocenters. The normalized spacial score (nSPS) is 10.4. The first-order valence-electron chi connectivity index (χ1n) is 5.24. The highest BCUT2D eigenvalue weighted by atomic mass is 79.9. The number of thiazole rings is 1. The molecule has 0 aliphatic carbocycles. The van der Waals surface area contributed by atoms with Crippen molar-refractivity contribution in [1.82, 2.24) is 10.1 Å². The van der Waals surface area contributed by atoms with E-state index >= 15 is 0 Å². The monoisotopic (exact) mass is 344 g/mol. The molecule has 0 unspecified atom stereocenters. The second-order valence-corrected chi connectivity index (χ2v) is 5.37. The molecule has 2 rings (SSSR count). The van der Waals surface area contributed by atoms with E-state index in [9.17, 15) is 9.59 Å². The van der Waals surface area contributed by atoms with Crippen molar-refractivity contribution in [2.45, 2.75) is 13.3 Å². The molecule has 0 saturated carbocycles. The van der Waals surface area contributed by atoms with Crippen LogP contribution < -0.4 is 11.1 Å². The van der Waals surface area contributed by atoms with Crippen molar-refractivity contribution in [3.8, 4) is 11.5 Å². The Morgan fingerprint density at radius 1 is 1.58 bits per heavy atom. The van der Waals surface area contributed by atoms with Crippen LogP contribution in [0.4, 0.5) is 5.13 Å². The average Bonchev–Trinajstić information content (AvgIpc) is 2.94. The van der Waals surface area contributed by atoms with Crippen molar-refractivity contribution >= 4 is 44.2 Å². The second kappa shape index (κ2) is 5.49. The molecule has 0 bridgehead atoms. The van der Waals surface area contributed by atoms with Gasteiger partial charge in [-0.1, -0.05) is 12.1 Å². The Balaban J connectivity index is 2.32. The van der Waals surface area contributed by atoms with Gasteiger partial charge in [-0.05, 0) is 22.4 Å². The van der Waals surface area contributed by atoms with Gasteiger partial charge in [-0.15, -0.1) is 11.3 Å². The van der Waals surface area contributed by atoms with E-state index in [-0.39, 0.29) is 0 Å². The Labute approximate surface area is 120 Å². The fraction of sp³-hybridized carbons (Fsp3) is 0.200. The number of nitrogens with one attached hydrogen (secondary N) is 1. The number of aryl methyl sites for hydroxylation is 1. The van der Waals surface area contributed by atoms with Crippen LogP contribution in [-0.4, -0.2) is 22.0 Å². The van der Waals surface area contributed by atoms with E-state index in [1.807, 2.05) is 6.92 Å². The molecule has 9 heteroatoms. The van der Waals surface area contributed by atoms with Crippen LogP contribution in [0.2, 0.25) is 0 Å². The van der Waals surface area contributed by atoms with Gasteiger partial charge in [-0.3, -0.25) is 14.9 Å². The third kappa shape index (κ3) is 2.99. The molecule has 2 amide bonds. The third-order valence-electron chi connectivity index (χ3n) is 2.18. The topological polar surface area (TPSA) is 111 Å². The van der Waals surface area contributed by atoms with Crippen molar-refractivity contribution in [2.75, 3.05) is 5.32 Å². The van der Waals surface area contributed by atoms with Crippen molar-refractivity contribution in [3.05, 3.63) is 15.5 Å². The third-order valence-corrected chi connectivity index (χ3v) is 3.67. The minimum Gasteiger partial charge on any atom is -0.361 e. The van der Waals surface area contributed by atoms with Crippen molar-refractivity contribution in [2.24, 2.45) is 5.73 Å². The lowest BCUT2D eigenvalue weighted by Crippen LogP contribution is -2.29. The lowest BCUT2D eigenvalue weighted by Gasteiger charge is -1.94. The maximum Gasteiger partial charge on any atom is 0.315 e. The van der Waals surface area contributed by atoms with E-state index in [0.717, 1.165) is 4.88 Å². The molecule has 2 heterocycles. The number of anilines is 1. The molecule has 0 spiro atoms. The van der Waals surface area contributed by atoms with Crippen molar-refractivity contribution in [1.29, 1.82) is 0 Å². The number of halogens is 1. The van der Waals surface area contributed by atoms with Crippen LogP contribution in [0, 0.1) is 0 Å². The van der Waals surface area contributed by atoms with Crippen LogP contribution in [0.25, 0.3) is 11.5 Å². The highest BCUT2D eigenvalue weighted by Crippen LogP contribution is 2.32. The van der Waals surface area contributed by atoms with Gasteiger partial charge in [-0.25, -0.2) is 4.98 Å². The van der Waals surface area contributed by atoms with Crippen molar-refractivity contribution < 1.29 is 14.1 Å². The number of amides is 2. The van der Waals surface area contributed by atoms with Gasteiger partial charge in [0.1, 0.15) is 10.3 Å². The van der Waals surface area contributed by atoms with E-state index in [2.05, 4.69) is 31.4 Å². The summed E-state index contributed by atoms with van der Waals surface area (Å²) in [7, 11) is 0. The van der Waals surface area contributed by atoms with Crippen LogP contribution in [0.15, 0.2) is 15.2 Å². The quantitative estimate of drug-likeness (QED) is 0.820. The lowest BCUT2D eigenvalue weighted by molar-refractivity contribution is -0.134. The summed E-state index contributed by atoms with van der Waals surface area (Å²) in [5.41, 5.74) is 5.46. The maximum atomic E-state index is 11.2. The fourth-order valence-corrected chi connectivity index (χ4v) is 2.54. The summed E-state index contributed by atoms with van der Waals surface area (Å²) in [4.78, 5) is 27.0. The molecule has 7 nitrogen and oxygen atoms in total. The molecule has 3 N–H and O–H groups in total. The molecule has 0 aromatic carbocycles. The average molecular weight is 345 g/mol. The van der Waals surface area contributed by atoms with Crippen LogP contribution >= 0.6 is 27.3 Å². The van der Waals surface area contributed by atoms with Gasteiger partial charge in [0.2, 0.25) is 0 Å². The Kier molecular flexibility index (Phi) is 3.96. The zero-order valence-electron chi connectivity index (χ0n) is 9.77. The van der Waals surface area contributed by atoms with Gasteiger partial charge < -0.3 is 10.3 Å². The number of carbonyl (C=O) groups is 2. The van der Waals surface area contributed by atoms with Gasteiger partial charge in [0.05, 0.1) is 0 Å². The minimum absolute atomic E-state index is 0.295. The number of hydrogen-bond donors (Lipinski definition) is 2. The number of nitrogens with two attached hydrogens (primary N) is 1. The second-order valence-electron chi connectivity index (χ2n) is 3.48. The molecule has 0 fully saturated rings. The first-order chi connectivity index (χ1) is 9.01. The molecular formula is C10H9BrN4O3S. The molecule has 100 valence electrons. The largest absolute Gasteiger partial charge is 0.361 e. The summed E-state index contributed by atoms with van der Waals surface area (Å²) < 4.78 is 5.66. The Morgan fingerprint density at radius 3 is 2.84 bits per heavy atom. The van der Waals surface area contributed by atoms with E-state index in [4.69, 9.17) is 10.3 Å². The molecule has 0 aliphatic heterocycles. The van der Waals surface area contributed by atoms with Gasteiger partial charge >= 0.3 is 11.8 Å². The van der Waals surface area contributed by atoms with Crippen LogP contribution in [0.1, 0.15) is 11.8 Å². The van der Waals surface area contributed by atoms with E-state index < -0.39 is 11.8 Å². The van der Waals surface area contributed by atoms with E-state index in [1.54, 1.807) is 6.07 Å². The standard InChI is InChI=1S/C10H9BrN4O3S/c1-2-5-7(4-3-6(11)15-18-4)13-10(19-5)14-9(17)8(12)16/h3H,2H2,1H3,(H2,12,16)(H,13,14,17). The molecule has 2 aromatic rings. The highest BCUT2D eigenvalue weighted by Gasteiger charge is 2.18. The Bertz CT molecular complexity index is 637. The molecule has 0 aliphatic rings. The fourth-order valence-electron chi connectivity index (χ4n) is 1.36. The highest BCUT2D eigenvalue weighted by molar-refractivity contribution is 9.10. The van der Waals surface area contributed by atoms with Crippen molar-refractivity contribution in [3.63, 3.8) is 0 Å². The number of nitrogens with zero attached hydrogens (tertiary/aromatic N) is 2. The minimum atomic E-state index is -1.06. The lowest BCUT2D eigenvalue weighted by atomic mass is 10.2. The number of carbonyl (C=O) groups excluding carboxylic acids is 2. The molecular weight excluding hydrogens is 336 g/mol. The number of hydrogen-bond acceptors (Lipinski definition) is 6. The zero-order chi connectivity index (χ0) is 14.0. The Morgan fingerprint density at radius 2 is 2.32 bits per heavy atom. The predicted molar refractivity (Wildman–Crippen MR) is 72.5 cm³/mol. The number of primary amides is 1. The van der Waals surface area contributed by atoms with E-state index in [1.165, 1.54) is 11.3 Å². The van der Waals surface area contributed by atoms with Gasteiger partial charge in [0, 0.05) is 10.9 Å². The maximum absolute atomic E-state index is 11.2.